The lowest BCUT2D eigenvalue weighted by molar-refractivity contribution is -0.384. The van der Waals surface area contributed by atoms with Crippen LogP contribution in [0.25, 0.3) is 0 Å². The van der Waals surface area contributed by atoms with Crippen LogP contribution in [0.2, 0.25) is 0 Å². The van der Waals surface area contributed by atoms with Crippen molar-refractivity contribution in [2.75, 3.05) is 0 Å². The Morgan fingerprint density at radius 2 is 2.31 bits per heavy atom. The van der Waals surface area contributed by atoms with Crippen LogP contribution >= 0.6 is 0 Å². The van der Waals surface area contributed by atoms with Crippen molar-refractivity contribution in [2.24, 2.45) is 10.9 Å². The van der Waals surface area contributed by atoms with Gasteiger partial charge in [-0.2, -0.15) is 5.10 Å². The van der Waals surface area contributed by atoms with Crippen molar-refractivity contribution >= 4 is 11.4 Å². The predicted octanol–water partition coefficient (Wildman–Crippen LogP) is 1.28. The Hall–Kier alpha value is -1.91. The first-order chi connectivity index (χ1) is 6.15. The summed E-state index contributed by atoms with van der Waals surface area (Å²) in [5.74, 6) is 5.05. The summed E-state index contributed by atoms with van der Waals surface area (Å²) in [6, 6.07) is 6.18. The molecule has 5 nitrogen and oxygen atoms in total. The number of rotatable bonds is 2. The highest BCUT2D eigenvalue weighted by atomic mass is 16.6. The van der Waals surface area contributed by atoms with Crippen LogP contribution in [0.5, 0.6) is 0 Å². The molecular formula is C8H9N3O2. The zero-order chi connectivity index (χ0) is 9.84. The fraction of sp³-hybridized carbons (Fsp3) is 0.125. The molecule has 1 rings (SSSR count). The first-order valence-corrected chi connectivity index (χ1v) is 3.64. The normalized spacial score (nSPS) is 11.3. The molecule has 0 unspecified atom stereocenters. The van der Waals surface area contributed by atoms with Crippen LogP contribution in [0.15, 0.2) is 29.4 Å². The number of hydrazone groups is 1. The minimum Gasteiger partial charge on any atom is -0.323 e. The number of hydrogen-bond acceptors (Lipinski definition) is 4. The third-order valence-corrected chi connectivity index (χ3v) is 1.67. The van der Waals surface area contributed by atoms with Gasteiger partial charge in [-0.1, -0.05) is 12.1 Å². The topological polar surface area (TPSA) is 81.5 Å². The maximum absolute atomic E-state index is 10.4. The van der Waals surface area contributed by atoms with E-state index in [4.69, 9.17) is 5.84 Å². The Labute approximate surface area is 75.0 Å². The summed E-state index contributed by atoms with van der Waals surface area (Å²) in [4.78, 5) is 9.95. The molecule has 0 aliphatic carbocycles. The zero-order valence-electron chi connectivity index (χ0n) is 7.10. The van der Waals surface area contributed by atoms with E-state index >= 15 is 0 Å². The molecule has 1 aromatic rings. The summed E-state index contributed by atoms with van der Waals surface area (Å²) >= 11 is 0. The summed E-state index contributed by atoms with van der Waals surface area (Å²) in [5, 5.41) is 13.9. The predicted molar refractivity (Wildman–Crippen MR) is 49.5 cm³/mol. The highest BCUT2D eigenvalue weighted by Gasteiger charge is 2.06. The third kappa shape index (κ3) is 2.02. The molecule has 0 aliphatic heterocycles. The molecule has 1 aromatic carbocycles. The van der Waals surface area contributed by atoms with E-state index in [9.17, 15) is 10.1 Å². The average molecular weight is 179 g/mol. The van der Waals surface area contributed by atoms with Crippen LogP contribution in [0.3, 0.4) is 0 Å². The summed E-state index contributed by atoms with van der Waals surface area (Å²) in [7, 11) is 0. The molecule has 5 heteroatoms. The first-order valence-electron chi connectivity index (χ1n) is 3.64. The molecule has 0 amide bonds. The Kier molecular flexibility index (Phi) is 2.59. The molecule has 0 fully saturated rings. The van der Waals surface area contributed by atoms with E-state index in [-0.39, 0.29) is 5.69 Å². The largest absolute Gasteiger partial charge is 0.323 e. The second-order valence-electron chi connectivity index (χ2n) is 2.52. The van der Waals surface area contributed by atoms with Crippen LogP contribution in [0.4, 0.5) is 5.69 Å². The summed E-state index contributed by atoms with van der Waals surface area (Å²) in [5.41, 5.74) is 1.28. The average Bonchev–Trinajstić information content (AvgIpc) is 2.17. The Morgan fingerprint density at radius 3 is 2.85 bits per heavy atom. The SMILES string of the molecule is CC(=NN)c1cccc([N+](=O)[O-])c1. The second kappa shape index (κ2) is 3.66. The molecule has 0 saturated heterocycles. The quantitative estimate of drug-likeness (QED) is 0.321. The van der Waals surface area contributed by atoms with Crippen LogP contribution in [0, 0.1) is 10.1 Å². The molecule has 13 heavy (non-hydrogen) atoms. The first kappa shape index (κ1) is 9.18. The van der Waals surface area contributed by atoms with Crippen LogP contribution in [-0.2, 0) is 0 Å². The molecule has 0 bridgehead atoms. The smallest absolute Gasteiger partial charge is 0.270 e. The van der Waals surface area contributed by atoms with E-state index in [1.165, 1.54) is 12.1 Å². The van der Waals surface area contributed by atoms with Gasteiger partial charge in [0.05, 0.1) is 10.6 Å². The van der Waals surface area contributed by atoms with Crippen molar-refractivity contribution in [3.05, 3.63) is 39.9 Å². The molecule has 0 radical (unpaired) electrons. The fourth-order valence-corrected chi connectivity index (χ4v) is 0.919. The molecule has 0 atom stereocenters. The maximum atomic E-state index is 10.4. The van der Waals surface area contributed by atoms with Crippen molar-refractivity contribution in [3.63, 3.8) is 0 Å². The highest BCUT2D eigenvalue weighted by Crippen LogP contribution is 2.13. The van der Waals surface area contributed by atoms with E-state index < -0.39 is 4.92 Å². The van der Waals surface area contributed by atoms with Gasteiger partial charge in [0.2, 0.25) is 0 Å². The monoisotopic (exact) mass is 179 g/mol. The van der Waals surface area contributed by atoms with Gasteiger partial charge in [-0.05, 0) is 6.92 Å². The number of nitrogens with two attached hydrogens (primary N) is 1. The van der Waals surface area contributed by atoms with Crippen molar-refractivity contribution in [3.8, 4) is 0 Å². The Morgan fingerprint density at radius 1 is 1.62 bits per heavy atom. The lowest BCUT2D eigenvalue weighted by Crippen LogP contribution is -1.99. The van der Waals surface area contributed by atoms with Gasteiger partial charge in [-0.3, -0.25) is 10.1 Å². The van der Waals surface area contributed by atoms with Gasteiger partial charge in [0.15, 0.2) is 0 Å². The number of hydrogen-bond donors (Lipinski definition) is 1. The van der Waals surface area contributed by atoms with Gasteiger partial charge in [0.1, 0.15) is 0 Å². The van der Waals surface area contributed by atoms with E-state index in [1.807, 2.05) is 0 Å². The van der Waals surface area contributed by atoms with Gasteiger partial charge in [-0.25, -0.2) is 0 Å². The van der Waals surface area contributed by atoms with Gasteiger partial charge in [0.25, 0.3) is 5.69 Å². The lowest BCUT2D eigenvalue weighted by atomic mass is 10.1. The lowest BCUT2D eigenvalue weighted by Gasteiger charge is -1.97. The summed E-state index contributed by atoms with van der Waals surface area (Å²) in [6.45, 7) is 1.69. The molecule has 0 spiro atoms. The van der Waals surface area contributed by atoms with Gasteiger partial charge in [0, 0.05) is 17.7 Å². The Balaban J connectivity index is 3.13. The number of non-ortho nitro benzene ring substituents is 1. The summed E-state index contributed by atoms with van der Waals surface area (Å²) < 4.78 is 0. The van der Waals surface area contributed by atoms with Crippen LogP contribution in [-0.4, -0.2) is 10.6 Å². The van der Waals surface area contributed by atoms with E-state index in [2.05, 4.69) is 5.10 Å². The van der Waals surface area contributed by atoms with E-state index in [0.717, 1.165) is 0 Å². The summed E-state index contributed by atoms with van der Waals surface area (Å²) in [6.07, 6.45) is 0. The molecule has 0 aromatic heterocycles. The van der Waals surface area contributed by atoms with Crippen LogP contribution < -0.4 is 5.84 Å². The Bertz CT molecular complexity index is 360. The number of nitro groups is 1. The van der Waals surface area contributed by atoms with Gasteiger partial charge >= 0.3 is 0 Å². The van der Waals surface area contributed by atoms with E-state index in [0.29, 0.717) is 11.3 Å². The van der Waals surface area contributed by atoms with Gasteiger partial charge in [-0.15, -0.1) is 0 Å². The number of nitro benzene ring substituents is 1. The van der Waals surface area contributed by atoms with Crippen molar-refractivity contribution in [1.82, 2.24) is 0 Å². The zero-order valence-corrected chi connectivity index (χ0v) is 7.10. The highest BCUT2D eigenvalue weighted by molar-refractivity contribution is 5.98. The third-order valence-electron chi connectivity index (χ3n) is 1.67. The van der Waals surface area contributed by atoms with Crippen molar-refractivity contribution in [1.29, 1.82) is 0 Å². The molecule has 0 heterocycles. The second-order valence-corrected chi connectivity index (χ2v) is 2.52. The van der Waals surface area contributed by atoms with Crippen LogP contribution in [0.1, 0.15) is 12.5 Å². The maximum Gasteiger partial charge on any atom is 0.270 e. The fourth-order valence-electron chi connectivity index (χ4n) is 0.919. The molecule has 0 saturated carbocycles. The molecular weight excluding hydrogens is 170 g/mol. The van der Waals surface area contributed by atoms with Gasteiger partial charge < -0.3 is 5.84 Å². The molecule has 68 valence electrons. The van der Waals surface area contributed by atoms with E-state index in [1.54, 1.807) is 19.1 Å². The molecule has 2 N–H and O–H groups in total. The molecule has 0 aliphatic rings. The minimum absolute atomic E-state index is 0.0421. The number of benzene rings is 1. The number of nitrogens with zero attached hydrogens (tertiary/aromatic N) is 2. The standard InChI is InChI=1S/C8H9N3O2/c1-6(10-9)7-3-2-4-8(5-7)11(12)13/h2-5H,9H2,1H3. The van der Waals surface area contributed by atoms with Crippen molar-refractivity contribution < 1.29 is 4.92 Å². The minimum atomic E-state index is -0.451. The van der Waals surface area contributed by atoms with Crippen molar-refractivity contribution in [2.45, 2.75) is 6.92 Å².